The molecule has 1 aromatic rings. The minimum absolute atomic E-state index is 0.596. The van der Waals surface area contributed by atoms with E-state index in [1.807, 2.05) is 18.3 Å². The second-order valence-electron chi connectivity index (χ2n) is 4.64. The molecule has 96 valence electrons. The van der Waals surface area contributed by atoms with Crippen LogP contribution in [0.3, 0.4) is 0 Å². The van der Waals surface area contributed by atoms with Crippen molar-refractivity contribution in [2.75, 3.05) is 19.6 Å². The average Bonchev–Trinajstić information content (AvgIpc) is 2.33. The lowest BCUT2D eigenvalue weighted by molar-refractivity contribution is 0.543. The fourth-order valence-electron chi connectivity index (χ4n) is 1.67. The number of pyridine rings is 1. The first-order chi connectivity index (χ1) is 8.29. The van der Waals surface area contributed by atoms with Crippen LogP contribution in [-0.4, -0.2) is 30.7 Å². The van der Waals surface area contributed by atoms with Crippen LogP contribution in [-0.2, 0) is 6.42 Å². The average molecular weight is 235 g/mol. The Morgan fingerprint density at radius 3 is 2.65 bits per heavy atom. The van der Waals surface area contributed by atoms with Crippen LogP contribution in [0.4, 0.5) is 0 Å². The topological polar surface area (TPSA) is 37.0 Å². The largest absolute Gasteiger partial charge is 0.317 e. The molecule has 0 saturated carbocycles. The maximum Gasteiger partial charge on any atom is 0.0404 e. The SMILES string of the molecule is CC(C)NCCCNCCCc1ccccn1. The lowest BCUT2D eigenvalue weighted by Gasteiger charge is -2.08. The summed E-state index contributed by atoms with van der Waals surface area (Å²) in [5.41, 5.74) is 1.19. The number of aryl methyl sites for hydroxylation is 1. The molecule has 0 bridgehead atoms. The Balaban J connectivity index is 1.88. The monoisotopic (exact) mass is 235 g/mol. The van der Waals surface area contributed by atoms with Crippen LogP contribution in [0.15, 0.2) is 24.4 Å². The van der Waals surface area contributed by atoms with Gasteiger partial charge in [0, 0.05) is 17.9 Å². The number of hydrogen-bond acceptors (Lipinski definition) is 3. The van der Waals surface area contributed by atoms with Crippen LogP contribution in [0.2, 0.25) is 0 Å². The maximum absolute atomic E-state index is 4.31. The molecule has 0 spiro atoms. The number of aromatic nitrogens is 1. The smallest absolute Gasteiger partial charge is 0.0404 e. The zero-order valence-electron chi connectivity index (χ0n) is 11.1. The molecule has 0 aliphatic heterocycles. The summed E-state index contributed by atoms with van der Waals surface area (Å²) < 4.78 is 0. The van der Waals surface area contributed by atoms with E-state index in [1.54, 1.807) is 0 Å². The summed E-state index contributed by atoms with van der Waals surface area (Å²) in [6.07, 6.45) is 5.29. The van der Waals surface area contributed by atoms with Crippen molar-refractivity contribution in [3.05, 3.63) is 30.1 Å². The second-order valence-corrected chi connectivity index (χ2v) is 4.64. The van der Waals surface area contributed by atoms with Crippen molar-refractivity contribution in [1.29, 1.82) is 0 Å². The lowest BCUT2D eigenvalue weighted by atomic mass is 10.2. The van der Waals surface area contributed by atoms with E-state index in [2.05, 4.69) is 35.5 Å². The van der Waals surface area contributed by atoms with Crippen molar-refractivity contribution in [3.8, 4) is 0 Å². The fourth-order valence-corrected chi connectivity index (χ4v) is 1.67. The Kier molecular flexibility index (Phi) is 7.60. The van der Waals surface area contributed by atoms with Crippen LogP contribution in [0.5, 0.6) is 0 Å². The number of nitrogens with zero attached hydrogens (tertiary/aromatic N) is 1. The van der Waals surface area contributed by atoms with Crippen molar-refractivity contribution in [3.63, 3.8) is 0 Å². The summed E-state index contributed by atoms with van der Waals surface area (Å²) in [6, 6.07) is 6.70. The minimum atomic E-state index is 0.596. The van der Waals surface area contributed by atoms with Crippen LogP contribution < -0.4 is 10.6 Å². The van der Waals surface area contributed by atoms with Gasteiger partial charge >= 0.3 is 0 Å². The first-order valence-corrected chi connectivity index (χ1v) is 6.63. The van der Waals surface area contributed by atoms with Gasteiger partial charge in [0.25, 0.3) is 0 Å². The van der Waals surface area contributed by atoms with E-state index in [0.29, 0.717) is 6.04 Å². The molecule has 3 nitrogen and oxygen atoms in total. The third-order valence-electron chi connectivity index (χ3n) is 2.60. The number of nitrogens with one attached hydrogen (secondary N) is 2. The van der Waals surface area contributed by atoms with Gasteiger partial charge in [-0.05, 0) is 51.0 Å². The van der Waals surface area contributed by atoms with Gasteiger partial charge in [-0.2, -0.15) is 0 Å². The number of rotatable bonds is 9. The molecular formula is C14H25N3. The highest BCUT2D eigenvalue weighted by Crippen LogP contribution is 1.96. The summed E-state index contributed by atoms with van der Waals surface area (Å²) in [5, 5.41) is 6.87. The van der Waals surface area contributed by atoms with Crippen LogP contribution >= 0.6 is 0 Å². The van der Waals surface area contributed by atoms with E-state index < -0.39 is 0 Å². The van der Waals surface area contributed by atoms with Gasteiger partial charge in [0.05, 0.1) is 0 Å². The van der Waals surface area contributed by atoms with Gasteiger partial charge in [-0.3, -0.25) is 4.98 Å². The molecule has 3 heteroatoms. The normalized spacial score (nSPS) is 11.0. The predicted molar refractivity (Wildman–Crippen MR) is 73.2 cm³/mol. The standard InChI is InChI=1S/C14H25N3/c1-13(2)16-12-6-10-15-9-5-8-14-7-3-4-11-17-14/h3-4,7,11,13,15-16H,5-6,8-10,12H2,1-2H3. The molecule has 0 fully saturated rings. The summed E-state index contributed by atoms with van der Waals surface area (Å²) in [4.78, 5) is 4.31. The quantitative estimate of drug-likeness (QED) is 0.643. The molecule has 1 aromatic heterocycles. The van der Waals surface area contributed by atoms with Crippen molar-refractivity contribution < 1.29 is 0 Å². The van der Waals surface area contributed by atoms with Crippen molar-refractivity contribution in [2.45, 2.75) is 39.2 Å². The number of hydrogen-bond donors (Lipinski definition) is 2. The van der Waals surface area contributed by atoms with E-state index >= 15 is 0 Å². The Morgan fingerprint density at radius 2 is 1.94 bits per heavy atom. The van der Waals surface area contributed by atoms with E-state index in [1.165, 1.54) is 12.1 Å². The first kappa shape index (κ1) is 14.1. The van der Waals surface area contributed by atoms with E-state index in [4.69, 9.17) is 0 Å². The molecule has 1 rings (SSSR count). The van der Waals surface area contributed by atoms with E-state index in [0.717, 1.165) is 32.5 Å². The molecule has 0 amide bonds. The molecule has 0 aliphatic carbocycles. The Labute approximate surface area is 105 Å². The van der Waals surface area contributed by atoms with Gasteiger partial charge in [0.15, 0.2) is 0 Å². The maximum atomic E-state index is 4.31. The fraction of sp³-hybridized carbons (Fsp3) is 0.643. The summed E-state index contributed by atoms with van der Waals surface area (Å²) >= 11 is 0. The highest BCUT2D eigenvalue weighted by Gasteiger charge is 1.94. The molecule has 0 aromatic carbocycles. The zero-order valence-corrected chi connectivity index (χ0v) is 11.1. The molecule has 2 N–H and O–H groups in total. The van der Waals surface area contributed by atoms with Gasteiger partial charge < -0.3 is 10.6 Å². The molecule has 0 aliphatic rings. The highest BCUT2D eigenvalue weighted by atomic mass is 14.9. The van der Waals surface area contributed by atoms with Gasteiger partial charge in [-0.15, -0.1) is 0 Å². The second kappa shape index (κ2) is 9.14. The summed E-state index contributed by atoms with van der Waals surface area (Å²) in [5.74, 6) is 0. The lowest BCUT2D eigenvalue weighted by Crippen LogP contribution is -2.27. The van der Waals surface area contributed by atoms with Crippen LogP contribution in [0.25, 0.3) is 0 Å². The van der Waals surface area contributed by atoms with Crippen molar-refractivity contribution in [1.82, 2.24) is 15.6 Å². The molecule has 0 saturated heterocycles. The Morgan fingerprint density at radius 1 is 1.12 bits per heavy atom. The third kappa shape index (κ3) is 7.88. The van der Waals surface area contributed by atoms with Crippen molar-refractivity contribution in [2.24, 2.45) is 0 Å². The Bertz CT molecular complexity index is 272. The molecule has 0 unspecified atom stereocenters. The van der Waals surface area contributed by atoms with Gasteiger partial charge in [0.1, 0.15) is 0 Å². The van der Waals surface area contributed by atoms with Gasteiger partial charge in [-0.1, -0.05) is 19.9 Å². The zero-order chi connectivity index (χ0) is 12.3. The third-order valence-corrected chi connectivity index (χ3v) is 2.60. The Hall–Kier alpha value is -0.930. The highest BCUT2D eigenvalue weighted by molar-refractivity contribution is 5.03. The first-order valence-electron chi connectivity index (χ1n) is 6.63. The van der Waals surface area contributed by atoms with E-state index in [9.17, 15) is 0 Å². The van der Waals surface area contributed by atoms with Gasteiger partial charge in [0.2, 0.25) is 0 Å². The van der Waals surface area contributed by atoms with Gasteiger partial charge in [-0.25, -0.2) is 0 Å². The van der Waals surface area contributed by atoms with Crippen LogP contribution in [0.1, 0.15) is 32.4 Å². The molecule has 17 heavy (non-hydrogen) atoms. The minimum Gasteiger partial charge on any atom is -0.317 e. The molecule has 0 radical (unpaired) electrons. The molecular weight excluding hydrogens is 210 g/mol. The van der Waals surface area contributed by atoms with Crippen molar-refractivity contribution >= 4 is 0 Å². The summed E-state index contributed by atoms with van der Waals surface area (Å²) in [7, 11) is 0. The summed E-state index contributed by atoms with van der Waals surface area (Å²) in [6.45, 7) is 7.64. The van der Waals surface area contributed by atoms with E-state index in [-0.39, 0.29) is 0 Å². The predicted octanol–water partition coefficient (Wildman–Crippen LogP) is 1.99. The molecule has 0 atom stereocenters. The molecule has 1 heterocycles. The van der Waals surface area contributed by atoms with Crippen LogP contribution in [0, 0.1) is 0 Å².